The lowest BCUT2D eigenvalue weighted by Gasteiger charge is -2.18. The number of thiocarbonyl (C=S) groups is 1. The summed E-state index contributed by atoms with van der Waals surface area (Å²) in [4.78, 5) is 5.61. The molecular formula is C18H20Cl2N4S2. The van der Waals surface area contributed by atoms with Gasteiger partial charge in [-0.05, 0) is 51.5 Å². The molecule has 8 heteroatoms. The highest BCUT2D eigenvalue weighted by Crippen LogP contribution is 2.24. The van der Waals surface area contributed by atoms with Gasteiger partial charge in [0.15, 0.2) is 5.01 Å². The summed E-state index contributed by atoms with van der Waals surface area (Å²) in [6, 6.07) is 5.45. The van der Waals surface area contributed by atoms with Crippen LogP contribution in [0.15, 0.2) is 29.4 Å². The number of nitrogens with zero attached hydrogens (tertiary/aromatic N) is 2. The number of allylic oxidation sites excluding steroid dienone is 1. The van der Waals surface area contributed by atoms with E-state index in [9.17, 15) is 0 Å². The van der Waals surface area contributed by atoms with E-state index in [2.05, 4.69) is 15.5 Å². The lowest BCUT2D eigenvalue weighted by atomic mass is 10.1. The van der Waals surface area contributed by atoms with Crippen LogP contribution in [0.4, 0.5) is 0 Å². The maximum absolute atomic E-state index is 6.09. The number of hydrazone groups is 1. The lowest BCUT2D eigenvalue weighted by Crippen LogP contribution is -2.32. The van der Waals surface area contributed by atoms with E-state index in [0.717, 1.165) is 21.8 Å². The van der Waals surface area contributed by atoms with Gasteiger partial charge in [-0.2, -0.15) is 5.10 Å². The van der Waals surface area contributed by atoms with Crippen LogP contribution >= 0.6 is 46.8 Å². The first-order valence-electron chi connectivity index (χ1n) is 7.82. The van der Waals surface area contributed by atoms with Gasteiger partial charge in [-0.3, -0.25) is 0 Å². The normalized spacial score (nSPS) is 12.6. The highest BCUT2D eigenvalue weighted by Gasteiger charge is 2.15. The Morgan fingerprint density at radius 1 is 1.31 bits per heavy atom. The molecule has 0 spiro atoms. The predicted octanol–water partition coefficient (Wildman–Crippen LogP) is 5.20. The Labute approximate surface area is 173 Å². The Morgan fingerprint density at radius 3 is 2.54 bits per heavy atom. The standard InChI is InChI=1S/C18H20Cl2N4S2/c1-10-15(26-17(22-10)16(21)25)14(23-24-18(2,3)4)8-6-11-5-7-12(19)13(20)9-11/h5-9,24H,1-4H3,(H2,21,25)/b8-6+,23-14+. The van der Waals surface area contributed by atoms with Crippen LogP contribution in [0.2, 0.25) is 10.0 Å². The van der Waals surface area contributed by atoms with E-state index in [4.69, 9.17) is 41.2 Å². The van der Waals surface area contributed by atoms with E-state index in [0.29, 0.717) is 15.1 Å². The van der Waals surface area contributed by atoms with Gasteiger partial charge in [0.05, 0.1) is 20.6 Å². The molecule has 0 radical (unpaired) electrons. The SMILES string of the molecule is Cc1nc(C(N)=S)sc1C(/C=C/c1ccc(Cl)c(Cl)c1)=N/NC(C)(C)C. The molecule has 0 saturated heterocycles. The average Bonchev–Trinajstić information content (AvgIpc) is 2.92. The molecule has 0 atom stereocenters. The van der Waals surface area contributed by atoms with E-state index >= 15 is 0 Å². The van der Waals surface area contributed by atoms with Gasteiger partial charge in [-0.25, -0.2) is 4.98 Å². The second kappa shape index (κ2) is 8.48. The molecule has 0 amide bonds. The summed E-state index contributed by atoms with van der Waals surface area (Å²) in [5.41, 5.74) is 11.2. The Hall–Kier alpha value is -1.47. The average molecular weight is 427 g/mol. The molecule has 0 saturated carbocycles. The van der Waals surface area contributed by atoms with E-state index in [1.165, 1.54) is 11.3 Å². The molecule has 0 aliphatic carbocycles. The van der Waals surface area contributed by atoms with Gasteiger partial charge in [0.1, 0.15) is 10.7 Å². The van der Waals surface area contributed by atoms with E-state index in [1.54, 1.807) is 12.1 Å². The molecule has 0 bridgehead atoms. The molecule has 138 valence electrons. The van der Waals surface area contributed by atoms with Crippen molar-refractivity contribution in [3.63, 3.8) is 0 Å². The van der Waals surface area contributed by atoms with Gasteiger partial charge in [-0.1, -0.05) is 47.6 Å². The minimum Gasteiger partial charge on any atom is -0.387 e. The van der Waals surface area contributed by atoms with Crippen LogP contribution in [0.1, 0.15) is 41.9 Å². The molecule has 2 aromatic rings. The Kier molecular flexibility index (Phi) is 6.80. The summed E-state index contributed by atoms with van der Waals surface area (Å²) in [6.45, 7) is 8.03. The monoisotopic (exact) mass is 426 g/mol. The Balaban J connectivity index is 2.42. The molecule has 0 aliphatic heterocycles. The molecule has 0 fully saturated rings. The molecule has 1 aromatic heterocycles. The highest BCUT2D eigenvalue weighted by molar-refractivity contribution is 7.81. The van der Waals surface area contributed by atoms with Gasteiger partial charge < -0.3 is 11.2 Å². The van der Waals surface area contributed by atoms with Crippen LogP contribution in [0.5, 0.6) is 0 Å². The van der Waals surface area contributed by atoms with Gasteiger partial charge in [0.2, 0.25) is 0 Å². The van der Waals surface area contributed by atoms with Crippen LogP contribution in [0, 0.1) is 6.92 Å². The maximum atomic E-state index is 6.09. The molecule has 1 heterocycles. The number of rotatable bonds is 5. The second-order valence-corrected chi connectivity index (χ2v) is 8.92. The third-order valence-corrected chi connectivity index (χ3v) is 5.40. The maximum Gasteiger partial charge on any atom is 0.151 e. The van der Waals surface area contributed by atoms with Gasteiger partial charge in [0, 0.05) is 5.54 Å². The number of halogens is 2. The zero-order chi connectivity index (χ0) is 19.5. The largest absolute Gasteiger partial charge is 0.387 e. The number of nitrogens with one attached hydrogen (secondary N) is 1. The Morgan fingerprint density at radius 2 is 2.00 bits per heavy atom. The summed E-state index contributed by atoms with van der Waals surface area (Å²) >= 11 is 18.5. The molecule has 3 N–H and O–H groups in total. The highest BCUT2D eigenvalue weighted by atomic mass is 35.5. The van der Waals surface area contributed by atoms with Crippen molar-refractivity contribution in [1.82, 2.24) is 10.4 Å². The first-order valence-corrected chi connectivity index (χ1v) is 9.80. The quantitative estimate of drug-likeness (QED) is 0.391. The van der Waals surface area contributed by atoms with Gasteiger partial charge in [-0.15, -0.1) is 11.3 Å². The van der Waals surface area contributed by atoms with Crippen molar-refractivity contribution < 1.29 is 0 Å². The molecule has 1 aromatic carbocycles. The van der Waals surface area contributed by atoms with Gasteiger partial charge in [0.25, 0.3) is 0 Å². The first kappa shape index (κ1) is 20.8. The van der Waals surface area contributed by atoms with Crippen molar-refractivity contribution in [2.24, 2.45) is 10.8 Å². The van der Waals surface area contributed by atoms with Crippen molar-refractivity contribution in [3.8, 4) is 0 Å². The number of benzene rings is 1. The summed E-state index contributed by atoms with van der Waals surface area (Å²) in [5.74, 6) is 0. The smallest absolute Gasteiger partial charge is 0.151 e. The number of hydrogen-bond donors (Lipinski definition) is 2. The van der Waals surface area contributed by atoms with E-state index in [-0.39, 0.29) is 10.5 Å². The van der Waals surface area contributed by atoms with Crippen molar-refractivity contribution in [3.05, 3.63) is 55.5 Å². The number of aryl methyl sites for hydroxylation is 1. The number of thiazole rings is 1. The van der Waals surface area contributed by atoms with Crippen LogP contribution in [0.25, 0.3) is 6.08 Å². The van der Waals surface area contributed by atoms with Crippen molar-refractivity contribution in [2.45, 2.75) is 33.2 Å². The van der Waals surface area contributed by atoms with E-state index < -0.39 is 0 Å². The zero-order valence-corrected chi connectivity index (χ0v) is 18.1. The topological polar surface area (TPSA) is 63.3 Å². The van der Waals surface area contributed by atoms with Gasteiger partial charge >= 0.3 is 0 Å². The Bertz CT molecular complexity index is 880. The summed E-state index contributed by atoms with van der Waals surface area (Å²) in [5, 5.41) is 6.21. The fraction of sp³-hybridized carbons (Fsp3) is 0.278. The first-order chi connectivity index (χ1) is 12.1. The molecule has 2 rings (SSSR count). The van der Waals surface area contributed by atoms with Crippen molar-refractivity contribution >= 4 is 63.5 Å². The summed E-state index contributed by atoms with van der Waals surface area (Å²) in [7, 11) is 0. The summed E-state index contributed by atoms with van der Waals surface area (Å²) < 4.78 is 0. The molecule has 26 heavy (non-hydrogen) atoms. The van der Waals surface area contributed by atoms with Crippen molar-refractivity contribution in [2.75, 3.05) is 0 Å². The van der Waals surface area contributed by atoms with Crippen LogP contribution in [-0.4, -0.2) is 21.2 Å². The molecule has 4 nitrogen and oxygen atoms in total. The second-order valence-electron chi connectivity index (χ2n) is 6.66. The molecule has 0 unspecified atom stereocenters. The van der Waals surface area contributed by atoms with E-state index in [1.807, 2.05) is 45.9 Å². The minimum atomic E-state index is -0.173. The summed E-state index contributed by atoms with van der Waals surface area (Å²) in [6.07, 6.45) is 3.83. The predicted molar refractivity (Wildman–Crippen MR) is 118 cm³/mol. The minimum absolute atomic E-state index is 0.173. The van der Waals surface area contributed by atoms with Crippen LogP contribution < -0.4 is 11.2 Å². The fourth-order valence-corrected chi connectivity index (χ4v) is 3.29. The van der Waals surface area contributed by atoms with Crippen LogP contribution in [0.3, 0.4) is 0 Å². The lowest BCUT2D eigenvalue weighted by molar-refractivity contribution is 0.441. The van der Waals surface area contributed by atoms with Crippen molar-refractivity contribution in [1.29, 1.82) is 0 Å². The zero-order valence-electron chi connectivity index (χ0n) is 14.9. The molecular weight excluding hydrogens is 407 g/mol. The number of hydrogen-bond acceptors (Lipinski definition) is 5. The number of nitrogens with two attached hydrogens (primary N) is 1. The fourth-order valence-electron chi connectivity index (χ4n) is 1.92. The third-order valence-electron chi connectivity index (χ3n) is 3.13. The number of aromatic nitrogens is 1. The van der Waals surface area contributed by atoms with Crippen LogP contribution in [-0.2, 0) is 0 Å². The molecule has 0 aliphatic rings. The third kappa shape index (κ3) is 5.77.